The standard InChI is InChI=1S/C53H36N2/c1-33(31-37-19-8-12-25-46(37)54)55-47-26-13-11-20-39(47)45-32-36(27-30-48(45)55)38-28-29-44-51-40(38)23-14-24-43(51)52-49(34-15-4-2-5-16-34)41-21-9-10-22-42(41)50(53(44)52)35-17-6-3-7-18-35/h2-32H,54H2,1H3/b33-31+. The number of benzene rings is 9. The van der Waals surface area contributed by atoms with Crippen LogP contribution in [0.25, 0.3) is 111 Å². The molecule has 0 spiro atoms. The van der Waals surface area contributed by atoms with Crippen LogP contribution in [0.3, 0.4) is 0 Å². The van der Waals surface area contributed by atoms with Crippen molar-refractivity contribution >= 4 is 60.8 Å². The lowest BCUT2D eigenvalue weighted by atomic mass is 9.82. The third-order valence-electron chi connectivity index (χ3n) is 11.6. The number of para-hydroxylation sites is 2. The van der Waals surface area contributed by atoms with E-state index >= 15 is 0 Å². The highest BCUT2D eigenvalue weighted by atomic mass is 15.0. The number of anilines is 1. The Morgan fingerprint density at radius 3 is 1.65 bits per heavy atom. The number of allylic oxidation sites excluding steroid dienone is 1. The molecule has 0 radical (unpaired) electrons. The predicted molar refractivity (Wildman–Crippen MR) is 236 cm³/mol. The van der Waals surface area contributed by atoms with Crippen LogP contribution in [0.2, 0.25) is 0 Å². The molecule has 2 nitrogen and oxygen atoms in total. The topological polar surface area (TPSA) is 30.9 Å². The fourth-order valence-corrected chi connectivity index (χ4v) is 9.31. The summed E-state index contributed by atoms with van der Waals surface area (Å²) >= 11 is 0. The third-order valence-corrected chi connectivity index (χ3v) is 11.6. The van der Waals surface area contributed by atoms with E-state index in [1.165, 1.54) is 99.0 Å². The second kappa shape index (κ2) is 12.2. The van der Waals surface area contributed by atoms with Gasteiger partial charge in [0.1, 0.15) is 0 Å². The van der Waals surface area contributed by atoms with E-state index in [1.807, 2.05) is 18.2 Å². The van der Waals surface area contributed by atoms with Crippen molar-refractivity contribution in [2.45, 2.75) is 6.92 Å². The SMILES string of the molecule is C/C(=C\c1ccccc1N)n1c2ccccc2c2cc(-c3ccc4c5c(cccc35)-c3c-4c(-c4ccccc4)c4ccccc4c3-c3ccccc3)ccc21. The molecule has 1 aliphatic rings. The fourth-order valence-electron chi connectivity index (χ4n) is 9.31. The van der Waals surface area contributed by atoms with Gasteiger partial charge in [0.25, 0.3) is 0 Å². The Balaban J connectivity index is 1.17. The van der Waals surface area contributed by atoms with Crippen LogP contribution >= 0.6 is 0 Å². The van der Waals surface area contributed by atoms with Gasteiger partial charge < -0.3 is 10.3 Å². The van der Waals surface area contributed by atoms with E-state index in [4.69, 9.17) is 5.73 Å². The van der Waals surface area contributed by atoms with Gasteiger partial charge in [-0.2, -0.15) is 0 Å². The molecule has 2 N–H and O–H groups in total. The first kappa shape index (κ1) is 31.4. The van der Waals surface area contributed by atoms with Gasteiger partial charge >= 0.3 is 0 Å². The van der Waals surface area contributed by atoms with E-state index < -0.39 is 0 Å². The van der Waals surface area contributed by atoms with E-state index in [2.05, 4.69) is 181 Å². The van der Waals surface area contributed by atoms with Gasteiger partial charge in [-0.3, -0.25) is 0 Å². The first-order valence-electron chi connectivity index (χ1n) is 19.0. The summed E-state index contributed by atoms with van der Waals surface area (Å²) in [5.41, 5.74) is 24.4. The normalized spacial score (nSPS) is 12.3. The van der Waals surface area contributed by atoms with Gasteiger partial charge in [-0.05, 0) is 120 Å². The maximum Gasteiger partial charge on any atom is 0.0538 e. The van der Waals surface area contributed by atoms with E-state index in [0.717, 1.165) is 16.9 Å². The number of hydrogen-bond donors (Lipinski definition) is 1. The van der Waals surface area contributed by atoms with Gasteiger partial charge in [-0.15, -0.1) is 0 Å². The predicted octanol–water partition coefficient (Wildman–Crippen LogP) is 14.3. The highest BCUT2D eigenvalue weighted by Gasteiger charge is 2.31. The minimum absolute atomic E-state index is 0.777. The molecule has 0 fully saturated rings. The maximum absolute atomic E-state index is 6.38. The molecular weight excluding hydrogens is 665 g/mol. The van der Waals surface area contributed by atoms with Gasteiger partial charge in [-0.25, -0.2) is 0 Å². The van der Waals surface area contributed by atoms with Crippen LogP contribution in [0.1, 0.15) is 12.5 Å². The number of hydrogen-bond acceptors (Lipinski definition) is 1. The zero-order valence-corrected chi connectivity index (χ0v) is 30.4. The summed E-state index contributed by atoms with van der Waals surface area (Å²) in [5, 5.41) is 7.61. The summed E-state index contributed by atoms with van der Waals surface area (Å²) in [6.45, 7) is 2.17. The highest BCUT2D eigenvalue weighted by Crippen LogP contribution is 2.58. The van der Waals surface area contributed by atoms with Crippen molar-refractivity contribution in [2.75, 3.05) is 5.73 Å². The minimum atomic E-state index is 0.777. The molecule has 0 saturated carbocycles. The summed E-state index contributed by atoms with van der Waals surface area (Å²) in [6, 6.07) is 66.3. The number of nitrogen functional groups attached to an aromatic ring is 1. The van der Waals surface area contributed by atoms with Gasteiger partial charge in [0, 0.05) is 22.2 Å². The van der Waals surface area contributed by atoms with E-state index in [1.54, 1.807) is 0 Å². The van der Waals surface area contributed by atoms with E-state index in [-0.39, 0.29) is 0 Å². The molecule has 1 aromatic heterocycles. The van der Waals surface area contributed by atoms with Crippen LogP contribution in [0.15, 0.2) is 182 Å². The average Bonchev–Trinajstić information content (AvgIpc) is 3.75. The van der Waals surface area contributed by atoms with E-state index in [9.17, 15) is 0 Å². The van der Waals surface area contributed by atoms with Gasteiger partial charge in [0.15, 0.2) is 0 Å². The molecule has 0 atom stereocenters. The average molecular weight is 701 g/mol. The summed E-state index contributed by atoms with van der Waals surface area (Å²) < 4.78 is 2.37. The van der Waals surface area contributed by atoms with E-state index in [0.29, 0.717) is 0 Å². The van der Waals surface area contributed by atoms with Crippen molar-refractivity contribution < 1.29 is 0 Å². The second-order valence-corrected chi connectivity index (χ2v) is 14.7. The summed E-state index contributed by atoms with van der Waals surface area (Å²) in [4.78, 5) is 0. The highest BCUT2D eigenvalue weighted by molar-refractivity contribution is 6.29. The lowest BCUT2D eigenvalue weighted by Crippen LogP contribution is -1.95. The van der Waals surface area contributed by atoms with Crippen LogP contribution in [-0.2, 0) is 0 Å². The molecular formula is C53H36N2. The maximum atomic E-state index is 6.38. The van der Waals surface area contributed by atoms with Crippen LogP contribution in [0, 0.1) is 0 Å². The first-order chi connectivity index (χ1) is 27.2. The molecule has 0 aliphatic heterocycles. The Kier molecular flexibility index (Phi) is 6.96. The number of aromatic nitrogens is 1. The monoisotopic (exact) mass is 700 g/mol. The molecule has 1 heterocycles. The summed E-state index contributed by atoms with van der Waals surface area (Å²) in [7, 11) is 0. The van der Waals surface area contributed by atoms with Crippen molar-refractivity contribution in [2.24, 2.45) is 0 Å². The van der Waals surface area contributed by atoms with Crippen LogP contribution in [-0.4, -0.2) is 4.57 Å². The van der Waals surface area contributed by atoms with Crippen molar-refractivity contribution in [1.82, 2.24) is 4.57 Å². The molecule has 9 aromatic carbocycles. The molecule has 10 aromatic rings. The number of nitrogens with two attached hydrogens (primary N) is 1. The number of fused-ring (bicyclic) bond motifs is 7. The molecule has 11 rings (SSSR count). The number of rotatable bonds is 5. The summed E-state index contributed by atoms with van der Waals surface area (Å²) in [6.07, 6.45) is 2.19. The molecule has 1 aliphatic carbocycles. The Morgan fingerprint density at radius 2 is 0.964 bits per heavy atom. The minimum Gasteiger partial charge on any atom is -0.398 e. The van der Waals surface area contributed by atoms with Gasteiger partial charge in [-0.1, -0.05) is 158 Å². The molecule has 0 saturated heterocycles. The zero-order chi connectivity index (χ0) is 36.6. The lowest BCUT2D eigenvalue weighted by Gasteiger charge is -2.20. The van der Waals surface area contributed by atoms with Crippen molar-refractivity contribution in [3.8, 4) is 55.6 Å². The van der Waals surface area contributed by atoms with Crippen molar-refractivity contribution in [1.29, 1.82) is 0 Å². The van der Waals surface area contributed by atoms with Crippen LogP contribution < -0.4 is 5.73 Å². The molecule has 55 heavy (non-hydrogen) atoms. The molecule has 258 valence electrons. The Hall–Kier alpha value is -7.16. The Bertz CT molecular complexity index is 3110. The van der Waals surface area contributed by atoms with Gasteiger partial charge in [0.05, 0.1) is 11.0 Å². The quantitative estimate of drug-likeness (QED) is 0.178. The van der Waals surface area contributed by atoms with Gasteiger partial charge in [0.2, 0.25) is 0 Å². The van der Waals surface area contributed by atoms with Crippen molar-refractivity contribution in [3.63, 3.8) is 0 Å². The van der Waals surface area contributed by atoms with Crippen LogP contribution in [0.4, 0.5) is 5.69 Å². The molecule has 0 amide bonds. The fraction of sp³-hybridized carbons (Fsp3) is 0.0189. The zero-order valence-electron chi connectivity index (χ0n) is 30.4. The lowest BCUT2D eigenvalue weighted by molar-refractivity contribution is 1.21. The first-order valence-corrected chi connectivity index (χ1v) is 19.0. The molecule has 0 unspecified atom stereocenters. The largest absolute Gasteiger partial charge is 0.398 e. The van der Waals surface area contributed by atoms with Crippen LogP contribution in [0.5, 0.6) is 0 Å². The second-order valence-electron chi connectivity index (χ2n) is 14.7. The Labute approximate surface area is 320 Å². The molecule has 2 heteroatoms. The third kappa shape index (κ3) is 4.68. The number of nitrogens with zero attached hydrogens (tertiary/aromatic N) is 1. The smallest absolute Gasteiger partial charge is 0.0538 e. The molecule has 0 bridgehead atoms. The Morgan fingerprint density at radius 1 is 0.418 bits per heavy atom. The summed E-state index contributed by atoms with van der Waals surface area (Å²) in [5.74, 6) is 0. The van der Waals surface area contributed by atoms with Crippen molar-refractivity contribution in [3.05, 3.63) is 188 Å².